The first-order valence-corrected chi connectivity index (χ1v) is 12.1. The van der Waals surface area contributed by atoms with Crippen molar-refractivity contribution in [2.24, 2.45) is 5.92 Å². The summed E-state index contributed by atoms with van der Waals surface area (Å²) in [4.78, 5) is 37.8. The third-order valence-corrected chi connectivity index (χ3v) is 6.63. The summed E-state index contributed by atoms with van der Waals surface area (Å²) in [5.74, 6) is -0.268. The van der Waals surface area contributed by atoms with Crippen molar-refractivity contribution >= 4 is 24.1 Å². The number of phenolic OH excluding ortho intramolecular Hbond substituents is 1. The normalized spacial score (nSPS) is 21.1. The van der Waals surface area contributed by atoms with E-state index in [0.717, 1.165) is 25.0 Å². The summed E-state index contributed by atoms with van der Waals surface area (Å²) in [6.07, 6.45) is 3.59. The van der Waals surface area contributed by atoms with Crippen LogP contribution >= 0.6 is 0 Å². The number of amides is 2. The van der Waals surface area contributed by atoms with Gasteiger partial charge in [-0.25, -0.2) is 4.79 Å². The molecule has 1 aromatic heterocycles. The van der Waals surface area contributed by atoms with E-state index in [1.807, 2.05) is 0 Å². The van der Waals surface area contributed by atoms with Gasteiger partial charge in [0.15, 0.2) is 18.7 Å². The molecule has 2 amide bonds. The van der Waals surface area contributed by atoms with E-state index in [1.165, 1.54) is 19.2 Å². The average molecular weight is 512 g/mol. The second-order valence-corrected chi connectivity index (χ2v) is 9.15. The number of aromatic hydroxyl groups is 1. The third kappa shape index (κ3) is 6.30. The van der Waals surface area contributed by atoms with Gasteiger partial charge < -0.3 is 29.5 Å². The number of rotatable bonds is 8. The number of phenols is 1. The van der Waals surface area contributed by atoms with Crippen LogP contribution in [0, 0.1) is 17.2 Å². The summed E-state index contributed by atoms with van der Waals surface area (Å²) in [5, 5.41) is 28.7. The van der Waals surface area contributed by atoms with E-state index in [0.29, 0.717) is 38.0 Å². The maximum Gasteiger partial charge on any atom is 0.410 e. The lowest BCUT2D eigenvalue weighted by atomic mass is 10.0. The molecule has 3 N–H and O–H groups in total. The molecule has 1 aromatic carbocycles. The Kier molecular flexibility index (Phi) is 8.12. The number of benzene rings is 1. The molecule has 1 aliphatic carbocycles. The molecule has 1 saturated carbocycles. The lowest BCUT2D eigenvalue weighted by Gasteiger charge is -2.29. The van der Waals surface area contributed by atoms with Gasteiger partial charge in [-0.15, -0.1) is 0 Å². The lowest BCUT2D eigenvalue weighted by Crippen LogP contribution is -2.41. The van der Waals surface area contributed by atoms with E-state index in [9.17, 15) is 19.5 Å². The van der Waals surface area contributed by atoms with E-state index in [-0.39, 0.29) is 46.8 Å². The zero-order valence-electron chi connectivity index (χ0n) is 20.4. The second-order valence-electron chi connectivity index (χ2n) is 9.15. The zero-order chi connectivity index (χ0) is 26.4. The van der Waals surface area contributed by atoms with Crippen molar-refractivity contribution < 1.29 is 33.7 Å². The Morgan fingerprint density at radius 1 is 1.32 bits per heavy atom. The second kappa shape index (κ2) is 11.6. The highest BCUT2D eigenvalue weighted by atomic mass is 16.6. The van der Waals surface area contributed by atoms with Gasteiger partial charge in [0.2, 0.25) is 0 Å². The van der Waals surface area contributed by atoms with Crippen LogP contribution < -0.4 is 14.8 Å². The number of methoxy groups -OCH3 is 1. The number of ether oxygens (including phenoxy) is 3. The van der Waals surface area contributed by atoms with Gasteiger partial charge in [-0.05, 0) is 32.1 Å². The molecule has 2 aromatic rings. The monoisotopic (exact) mass is 511 g/mol. The van der Waals surface area contributed by atoms with E-state index >= 15 is 0 Å². The Morgan fingerprint density at radius 3 is 2.92 bits per heavy atom. The Balaban J connectivity index is 1.26. The highest BCUT2D eigenvalue weighted by Crippen LogP contribution is 2.36. The van der Waals surface area contributed by atoms with E-state index in [2.05, 4.69) is 21.6 Å². The van der Waals surface area contributed by atoms with Crippen LogP contribution in [0.15, 0.2) is 18.2 Å². The van der Waals surface area contributed by atoms with Crippen LogP contribution in [0.4, 0.5) is 10.6 Å². The van der Waals surface area contributed by atoms with E-state index in [1.54, 1.807) is 11.0 Å². The van der Waals surface area contributed by atoms with Gasteiger partial charge in [-0.1, -0.05) is 0 Å². The number of nitrogens with one attached hydrogen (secondary N) is 2. The molecule has 0 spiro atoms. The maximum absolute atomic E-state index is 12.5. The number of carbonyl (C=O) groups excluding carboxylic acids is 3. The molecule has 2 unspecified atom stereocenters. The summed E-state index contributed by atoms with van der Waals surface area (Å²) in [5.41, 5.74) is 0.732. The number of anilines is 1. The molecule has 4 rings (SSSR count). The number of hydrogen-bond acceptors (Lipinski definition) is 9. The third-order valence-electron chi connectivity index (χ3n) is 6.63. The molecule has 1 aliphatic heterocycles. The molecule has 37 heavy (non-hydrogen) atoms. The van der Waals surface area contributed by atoms with E-state index in [4.69, 9.17) is 19.5 Å². The number of aromatic nitrogens is 2. The van der Waals surface area contributed by atoms with Crippen molar-refractivity contribution in [3.8, 4) is 23.3 Å². The van der Waals surface area contributed by atoms with Gasteiger partial charge >= 0.3 is 6.09 Å². The molecule has 1 saturated heterocycles. The number of H-pyrrole nitrogens is 1. The minimum absolute atomic E-state index is 0.0176. The van der Waals surface area contributed by atoms with Crippen molar-refractivity contribution in [2.75, 3.05) is 32.1 Å². The number of aldehydes is 1. The smallest absolute Gasteiger partial charge is 0.410 e. The van der Waals surface area contributed by atoms with E-state index < -0.39 is 12.5 Å². The van der Waals surface area contributed by atoms with Gasteiger partial charge in [-0.2, -0.15) is 10.4 Å². The summed E-state index contributed by atoms with van der Waals surface area (Å²) < 4.78 is 16.2. The highest BCUT2D eigenvalue weighted by molar-refractivity contribution is 5.91. The number of likely N-dealkylation sites (tertiary alicyclic amines) is 1. The minimum atomic E-state index is -0.507. The Bertz CT molecular complexity index is 1190. The van der Waals surface area contributed by atoms with Crippen LogP contribution in [0.1, 0.15) is 54.1 Å². The summed E-state index contributed by atoms with van der Waals surface area (Å²) in [7, 11) is 1.40. The Morgan fingerprint density at radius 2 is 2.16 bits per heavy atom. The molecule has 12 nitrogen and oxygen atoms in total. The van der Waals surface area contributed by atoms with Crippen LogP contribution in [0.25, 0.3) is 0 Å². The first-order valence-electron chi connectivity index (χ1n) is 12.1. The molecule has 196 valence electrons. The molecule has 3 atom stereocenters. The Hall–Kier alpha value is -4.27. The predicted octanol–water partition coefficient (Wildman–Crippen LogP) is 2.96. The first kappa shape index (κ1) is 25.8. The maximum atomic E-state index is 12.5. The van der Waals surface area contributed by atoms with Crippen molar-refractivity contribution in [1.82, 2.24) is 15.1 Å². The number of hydrogen-bond donors (Lipinski definition) is 3. The van der Waals surface area contributed by atoms with Crippen LogP contribution in [0.2, 0.25) is 0 Å². The number of piperidine rings is 1. The average Bonchev–Trinajstić information content (AvgIpc) is 3.56. The van der Waals surface area contributed by atoms with Crippen molar-refractivity contribution in [3.63, 3.8) is 0 Å². The molecule has 12 heteroatoms. The predicted molar refractivity (Wildman–Crippen MR) is 130 cm³/mol. The van der Waals surface area contributed by atoms with Crippen LogP contribution in [-0.2, 0) is 9.53 Å². The topological polar surface area (TPSA) is 167 Å². The number of nitriles is 1. The molecule has 0 radical (unpaired) electrons. The SMILES string of the molecule is COc1cc(O)c(C=O)c(OCC(=O)Nc2cc(C3CC[C@@H](OC(=O)N4CCCC(C#N)C4)C3)[nH]n2)c1. The summed E-state index contributed by atoms with van der Waals surface area (Å²) in [6.45, 7) is 0.602. The quantitative estimate of drug-likeness (QED) is 0.451. The molecule has 2 heterocycles. The number of aromatic amines is 1. The van der Waals surface area contributed by atoms with Gasteiger partial charge in [0, 0.05) is 42.9 Å². The lowest BCUT2D eigenvalue weighted by molar-refractivity contribution is -0.118. The molecule has 2 fully saturated rings. The Labute approximate surface area is 213 Å². The van der Waals surface area contributed by atoms with Gasteiger partial charge in [0.1, 0.15) is 23.4 Å². The van der Waals surface area contributed by atoms with Gasteiger partial charge in [0.05, 0.1) is 24.7 Å². The van der Waals surface area contributed by atoms with Crippen LogP contribution in [0.5, 0.6) is 17.2 Å². The zero-order valence-corrected chi connectivity index (χ0v) is 20.4. The molecule has 2 aliphatic rings. The summed E-state index contributed by atoms with van der Waals surface area (Å²) in [6, 6.07) is 6.63. The fourth-order valence-corrected chi connectivity index (χ4v) is 4.67. The highest BCUT2D eigenvalue weighted by Gasteiger charge is 2.32. The first-order chi connectivity index (χ1) is 17.9. The fourth-order valence-electron chi connectivity index (χ4n) is 4.67. The number of carbonyl (C=O) groups is 3. The van der Waals surface area contributed by atoms with Crippen LogP contribution in [-0.4, -0.2) is 71.4 Å². The van der Waals surface area contributed by atoms with Crippen molar-refractivity contribution in [1.29, 1.82) is 5.26 Å². The minimum Gasteiger partial charge on any atom is -0.507 e. The van der Waals surface area contributed by atoms with Crippen LogP contribution in [0.3, 0.4) is 0 Å². The fraction of sp³-hybridized carbons (Fsp3) is 0.480. The molecular formula is C25H29N5O7. The van der Waals surface area contributed by atoms with Gasteiger partial charge in [0.25, 0.3) is 5.91 Å². The largest absolute Gasteiger partial charge is 0.507 e. The summed E-state index contributed by atoms with van der Waals surface area (Å²) >= 11 is 0. The standard InChI is InChI=1S/C25H29N5O7/c1-35-18-8-21(32)19(13-31)22(9-18)36-14-24(33)27-23-10-20(28-29-23)16-4-5-17(7-16)37-25(34)30-6-2-3-15(11-26)12-30/h8-10,13,15-17,32H,2-7,12,14H2,1H3,(H2,27,28,29,33)/t15?,16?,17-/m1/s1. The van der Waals surface area contributed by atoms with Crippen molar-refractivity contribution in [3.05, 3.63) is 29.5 Å². The van der Waals surface area contributed by atoms with Crippen molar-refractivity contribution in [2.45, 2.75) is 44.1 Å². The number of nitrogens with zero attached hydrogens (tertiary/aromatic N) is 3. The molecular weight excluding hydrogens is 482 g/mol. The molecule has 0 bridgehead atoms. The van der Waals surface area contributed by atoms with Gasteiger partial charge in [-0.3, -0.25) is 14.7 Å².